The van der Waals surface area contributed by atoms with Crippen molar-refractivity contribution >= 4 is 22.8 Å². The number of H-pyrrole nitrogens is 1. The lowest BCUT2D eigenvalue weighted by Gasteiger charge is -2.36. The van der Waals surface area contributed by atoms with Crippen LogP contribution in [0.15, 0.2) is 25.0 Å². The Hall–Kier alpha value is -2.77. The third-order valence-electron chi connectivity index (χ3n) is 4.78. The number of hydrogen-bond acceptors (Lipinski definition) is 7. The van der Waals surface area contributed by atoms with Crippen LogP contribution in [0.3, 0.4) is 0 Å². The molecule has 3 aromatic heterocycles. The molecule has 0 bridgehead atoms. The number of nitrogens with zero attached hydrogens (tertiary/aromatic N) is 7. The molecule has 3 aromatic rings. The quantitative estimate of drug-likeness (QED) is 0.778. The number of hydrogen-bond donors (Lipinski definition) is 1. The van der Waals surface area contributed by atoms with Crippen LogP contribution in [-0.4, -0.2) is 56.1 Å². The van der Waals surface area contributed by atoms with Gasteiger partial charge in [0.2, 0.25) is 0 Å². The molecule has 8 heteroatoms. The highest BCUT2D eigenvalue weighted by Gasteiger charge is 2.27. The van der Waals surface area contributed by atoms with E-state index in [0.717, 1.165) is 43.3 Å². The molecule has 1 N–H and O–H groups in total. The lowest BCUT2D eigenvalue weighted by atomic mass is 10.2. The maximum absolute atomic E-state index is 4.47. The minimum Gasteiger partial charge on any atom is -0.353 e. The van der Waals surface area contributed by atoms with Crippen molar-refractivity contribution in [2.75, 3.05) is 36.0 Å². The van der Waals surface area contributed by atoms with E-state index in [1.54, 1.807) is 19.0 Å². The summed E-state index contributed by atoms with van der Waals surface area (Å²) in [6.07, 6.45) is 7.47. The van der Waals surface area contributed by atoms with Gasteiger partial charge in [-0.2, -0.15) is 0 Å². The fourth-order valence-electron chi connectivity index (χ4n) is 3.28. The number of imidazole rings is 1. The van der Waals surface area contributed by atoms with E-state index in [0.29, 0.717) is 11.6 Å². The van der Waals surface area contributed by atoms with E-state index in [9.17, 15) is 0 Å². The Morgan fingerprint density at radius 3 is 2.50 bits per heavy atom. The summed E-state index contributed by atoms with van der Waals surface area (Å²) < 4.78 is 0. The maximum atomic E-state index is 4.47. The van der Waals surface area contributed by atoms with Crippen molar-refractivity contribution in [3.05, 3.63) is 30.7 Å². The molecule has 2 fully saturated rings. The third-order valence-corrected chi connectivity index (χ3v) is 4.78. The zero-order valence-electron chi connectivity index (χ0n) is 13.3. The SMILES string of the molecule is c1nc(C2CC2)cc(N2CCN(c3ncnc4nc[nH]c34)CC2)n1. The van der Waals surface area contributed by atoms with Crippen LogP contribution in [-0.2, 0) is 0 Å². The van der Waals surface area contributed by atoms with Gasteiger partial charge in [-0.05, 0) is 12.8 Å². The fourth-order valence-corrected chi connectivity index (χ4v) is 3.28. The molecule has 0 amide bonds. The van der Waals surface area contributed by atoms with Crippen LogP contribution in [0.1, 0.15) is 24.5 Å². The summed E-state index contributed by atoms with van der Waals surface area (Å²) in [7, 11) is 0. The second-order valence-corrected chi connectivity index (χ2v) is 6.35. The van der Waals surface area contributed by atoms with Crippen molar-refractivity contribution in [1.29, 1.82) is 0 Å². The van der Waals surface area contributed by atoms with E-state index in [2.05, 4.69) is 45.8 Å². The van der Waals surface area contributed by atoms with Crippen LogP contribution in [0.25, 0.3) is 11.2 Å². The molecule has 0 unspecified atom stereocenters. The zero-order chi connectivity index (χ0) is 15.9. The monoisotopic (exact) mass is 322 g/mol. The summed E-state index contributed by atoms with van der Waals surface area (Å²) in [5.41, 5.74) is 2.81. The second kappa shape index (κ2) is 5.40. The van der Waals surface area contributed by atoms with Gasteiger partial charge in [-0.25, -0.2) is 24.9 Å². The summed E-state index contributed by atoms with van der Waals surface area (Å²) in [6, 6.07) is 2.16. The Balaban J connectivity index is 1.34. The largest absolute Gasteiger partial charge is 0.353 e. The van der Waals surface area contributed by atoms with Gasteiger partial charge in [0.05, 0.1) is 6.33 Å². The van der Waals surface area contributed by atoms with Crippen molar-refractivity contribution in [3.8, 4) is 0 Å². The number of aromatic amines is 1. The van der Waals surface area contributed by atoms with Gasteiger partial charge in [-0.15, -0.1) is 0 Å². The van der Waals surface area contributed by atoms with Gasteiger partial charge < -0.3 is 14.8 Å². The Morgan fingerprint density at radius 2 is 1.67 bits per heavy atom. The minimum atomic E-state index is 0.655. The highest BCUT2D eigenvalue weighted by atomic mass is 15.3. The predicted molar refractivity (Wildman–Crippen MR) is 90.1 cm³/mol. The average Bonchev–Trinajstić information content (AvgIpc) is 3.39. The van der Waals surface area contributed by atoms with Gasteiger partial charge >= 0.3 is 0 Å². The van der Waals surface area contributed by atoms with Crippen LogP contribution < -0.4 is 9.80 Å². The van der Waals surface area contributed by atoms with Crippen molar-refractivity contribution in [2.45, 2.75) is 18.8 Å². The number of fused-ring (bicyclic) bond motifs is 1. The van der Waals surface area contributed by atoms with E-state index >= 15 is 0 Å². The number of nitrogens with one attached hydrogen (secondary N) is 1. The molecule has 122 valence electrons. The first-order valence-corrected chi connectivity index (χ1v) is 8.34. The average molecular weight is 322 g/mol. The maximum Gasteiger partial charge on any atom is 0.182 e. The highest BCUT2D eigenvalue weighted by Crippen LogP contribution is 2.39. The van der Waals surface area contributed by atoms with Crippen LogP contribution in [0.4, 0.5) is 11.6 Å². The summed E-state index contributed by atoms with van der Waals surface area (Å²) in [5, 5.41) is 0. The first-order chi connectivity index (χ1) is 11.9. The van der Waals surface area contributed by atoms with Gasteiger partial charge in [0.1, 0.15) is 24.0 Å². The summed E-state index contributed by atoms with van der Waals surface area (Å²) in [4.78, 5) is 29.5. The Kier molecular flexibility index (Phi) is 3.07. The molecule has 0 atom stereocenters. The van der Waals surface area contributed by atoms with Crippen molar-refractivity contribution in [3.63, 3.8) is 0 Å². The molecule has 1 aliphatic carbocycles. The Bertz CT molecular complexity index is 863. The van der Waals surface area contributed by atoms with Crippen LogP contribution in [0.2, 0.25) is 0 Å². The van der Waals surface area contributed by atoms with Gasteiger partial charge in [-0.3, -0.25) is 0 Å². The van der Waals surface area contributed by atoms with E-state index < -0.39 is 0 Å². The Morgan fingerprint density at radius 1 is 0.875 bits per heavy atom. The molecular formula is C16H18N8. The molecular weight excluding hydrogens is 304 g/mol. The number of aromatic nitrogens is 6. The summed E-state index contributed by atoms with van der Waals surface area (Å²) in [5.74, 6) is 2.63. The van der Waals surface area contributed by atoms with E-state index in [4.69, 9.17) is 0 Å². The third kappa shape index (κ3) is 2.34. The van der Waals surface area contributed by atoms with Crippen LogP contribution >= 0.6 is 0 Å². The van der Waals surface area contributed by atoms with Gasteiger partial charge in [-0.1, -0.05) is 0 Å². The number of rotatable bonds is 3. The molecule has 0 radical (unpaired) electrons. The molecule has 0 aromatic carbocycles. The van der Waals surface area contributed by atoms with Gasteiger partial charge in [0, 0.05) is 43.9 Å². The molecule has 24 heavy (non-hydrogen) atoms. The summed E-state index contributed by atoms with van der Waals surface area (Å²) in [6.45, 7) is 3.63. The van der Waals surface area contributed by atoms with E-state index in [1.807, 2.05) is 0 Å². The van der Waals surface area contributed by atoms with Crippen molar-refractivity contribution < 1.29 is 0 Å². The molecule has 5 rings (SSSR count). The number of anilines is 2. The second-order valence-electron chi connectivity index (χ2n) is 6.35. The standard InChI is InChI=1S/C16H18N8/c1-2-11(1)12-7-13(18-8-17-12)23-3-5-24(6-4-23)16-14-15(20-9-19-14)21-10-22-16/h7-11H,1-6H2,(H,19,20,21,22). The van der Waals surface area contributed by atoms with Crippen LogP contribution in [0, 0.1) is 0 Å². The van der Waals surface area contributed by atoms with E-state index in [1.165, 1.54) is 18.5 Å². The molecule has 8 nitrogen and oxygen atoms in total. The topological polar surface area (TPSA) is 86.7 Å². The smallest absolute Gasteiger partial charge is 0.182 e. The Labute approximate surface area is 139 Å². The lowest BCUT2D eigenvalue weighted by Crippen LogP contribution is -2.47. The van der Waals surface area contributed by atoms with E-state index in [-0.39, 0.29) is 0 Å². The normalized spacial score (nSPS) is 18.3. The fraction of sp³-hybridized carbons (Fsp3) is 0.438. The highest BCUT2D eigenvalue weighted by molar-refractivity contribution is 5.82. The van der Waals surface area contributed by atoms with Crippen molar-refractivity contribution in [1.82, 2.24) is 29.9 Å². The predicted octanol–water partition coefficient (Wildman–Crippen LogP) is 1.35. The first kappa shape index (κ1) is 13.6. The molecule has 0 spiro atoms. The molecule has 2 aliphatic rings. The molecule has 4 heterocycles. The number of piperazine rings is 1. The first-order valence-electron chi connectivity index (χ1n) is 8.34. The van der Waals surface area contributed by atoms with Crippen LogP contribution in [0.5, 0.6) is 0 Å². The van der Waals surface area contributed by atoms with Gasteiger partial charge in [0.25, 0.3) is 0 Å². The van der Waals surface area contributed by atoms with Gasteiger partial charge in [0.15, 0.2) is 11.5 Å². The van der Waals surface area contributed by atoms with Crippen molar-refractivity contribution in [2.24, 2.45) is 0 Å². The zero-order valence-corrected chi connectivity index (χ0v) is 13.3. The molecule has 1 aliphatic heterocycles. The molecule has 1 saturated carbocycles. The minimum absolute atomic E-state index is 0.655. The summed E-state index contributed by atoms with van der Waals surface area (Å²) >= 11 is 0. The molecule has 1 saturated heterocycles. The lowest BCUT2D eigenvalue weighted by molar-refractivity contribution is 0.641.